The highest BCUT2D eigenvalue weighted by atomic mass is 16.1. The Morgan fingerprint density at radius 3 is 2.28 bits per heavy atom. The van der Waals surface area contributed by atoms with Gasteiger partial charge >= 0.3 is 0 Å². The summed E-state index contributed by atoms with van der Waals surface area (Å²) in [6.07, 6.45) is 6.78. The Morgan fingerprint density at radius 1 is 1.24 bits per heavy atom. The lowest BCUT2D eigenvalue weighted by Gasteiger charge is -2.17. The van der Waals surface area contributed by atoms with Crippen LogP contribution in [0.4, 0.5) is 5.69 Å². The van der Waals surface area contributed by atoms with Gasteiger partial charge in [-0.05, 0) is 48.5 Å². The minimum Gasteiger partial charge on any atom is -0.405 e. The normalized spacial score (nSPS) is 10.2. The van der Waals surface area contributed by atoms with E-state index in [1.165, 1.54) is 12.6 Å². The number of anilines is 1. The van der Waals surface area contributed by atoms with Crippen molar-refractivity contribution in [2.24, 2.45) is 11.5 Å². The molecule has 0 aliphatic carbocycles. The predicted octanol–water partition coefficient (Wildman–Crippen LogP) is 3.55. The molecule has 0 saturated carbocycles. The maximum absolute atomic E-state index is 12.1. The van der Waals surface area contributed by atoms with Crippen LogP contribution in [0.2, 0.25) is 0 Å². The van der Waals surface area contributed by atoms with Crippen molar-refractivity contribution < 1.29 is 4.79 Å². The van der Waals surface area contributed by atoms with Crippen LogP contribution in [0.3, 0.4) is 0 Å². The van der Waals surface area contributed by atoms with Crippen LogP contribution in [0.15, 0.2) is 61.6 Å². The van der Waals surface area contributed by atoms with Crippen molar-refractivity contribution in [2.75, 3.05) is 11.9 Å². The first-order chi connectivity index (χ1) is 13.9. The minimum absolute atomic E-state index is 0.0246. The third-order valence-corrected chi connectivity index (χ3v) is 3.48. The average Bonchev–Trinajstić information content (AvgIpc) is 2.72. The summed E-state index contributed by atoms with van der Waals surface area (Å²) in [7, 11) is 0. The Bertz CT molecular complexity index is 716. The van der Waals surface area contributed by atoms with Gasteiger partial charge in [0.1, 0.15) is 5.84 Å². The Balaban J connectivity index is 0.00000116. The molecule has 0 saturated heterocycles. The first-order valence-corrected chi connectivity index (χ1v) is 9.63. The summed E-state index contributed by atoms with van der Waals surface area (Å²) in [6, 6.07) is 10.8. The van der Waals surface area contributed by atoms with Crippen molar-refractivity contribution in [3.8, 4) is 0 Å². The van der Waals surface area contributed by atoms with Gasteiger partial charge in [-0.15, -0.1) is 0 Å². The van der Waals surface area contributed by atoms with Crippen LogP contribution in [-0.4, -0.2) is 23.3 Å². The van der Waals surface area contributed by atoms with Gasteiger partial charge in [0.25, 0.3) is 0 Å². The summed E-state index contributed by atoms with van der Waals surface area (Å²) < 4.78 is 0. The van der Waals surface area contributed by atoms with Crippen LogP contribution in [0.25, 0.3) is 0 Å². The molecular formula is C22H34N6O. The van der Waals surface area contributed by atoms with Crippen molar-refractivity contribution in [1.29, 1.82) is 5.41 Å². The van der Waals surface area contributed by atoms with E-state index >= 15 is 0 Å². The Kier molecular flexibility index (Phi) is 13.9. The van der Waals surface area contributed by atoms with Crippen LogP contribution >= 0.6 is 0 Å². The van der Waals surface area contributed by atoms with Crippen LogP contribution in [0.1, 0.15) is 50.8 Å². The number of amidine groups is 1. The largest absolute Gasteiger partial charge is 0.405 e. The Morgan fingerprint density at radius 2 is 1.83 bits per heavy atom. The number of carbonyl (C=O) groups is 1. The molecule has 7 N–H and O–H groups in total. The summed E-state index contributed by atoms with van der Waals surface area (Å²) >= 11 is 0. The summed E-state index contributed by atoms with van der Waals surface area (Å²) in [6.45, 7) is 9.59. The standard InChI is InChI=1S/C17H21N5O.C3H8.C2H5N/c1-2-15(13-4-3-9-20-10-13)22-16(23)11-21-14-7-5-12(6-8-14)17(18)19;1-3-2;1-2-3/h3-10,15,21H,2,11H2,1H3,(H3,18,19)(H,22,23);3H2,1-2H3;2H,1,3H2. The number of amides is 1. The van der Waals surface area contributed by atoms with Crippen molar-refractivity contribution in [3.63, 3.8) is 0 Å². The van der Waals surface area contributed by atoms with E-state index in [4.69, 9.17) is 11.1 Å². The second-order valence-electron chi connectivity index (χ2n) is 6.10. The molecule has 158 valence electrons. The van der Waals surface area contributed by atoms with E-state index in [2.05, 4.69) is 41.8 Å². The SMILES string of the molecule is C=CN.CCC.CCC(NC(=O)CNc1ccc(C(=N)N)cc1)c1cccnc1. The molecule has 1 amide bonds. The van der Waals surface area contributed by atoms with E-state index in [0.29, 0.717) is 5.56 Å². The molecular weight excluding hydrogens is 364 g/mol. The summed E-state index contributed by atoms with van der Waals surface area (Å²) in [5.74, 6) is -0.0621. The number of hydrogen-bond acceptors (Lipinski definition) is 5. The van der Waals surface area contributed by atoms with E-state index in [1.807, 2.05) is 19.1 Å². The zero-order valence-corrected chi connectivity index (χ0v) is 17.6. The lowest BCUT2D eigenvalue weighted by molar-refractivity contribution is -0.120. The highest BCUT2D eigenvalue weighted by molar-refractivity contribution is 5.95. The number of hydrogen-bond donors (Lipinski definition) is 5. The van der Waals surface area contributed by atoms with E-state index in [1.54, 1.807) is 36.7 Å². The minimum atomic E-state index is -0.0867. The lowest BCUT2D eigenvalue weighted by Crippen LogP contribution is -2.33. The molecule has 0 radical (unpaired) electrons. The fourth-order valence-electron chi connectivity index (χ4n) is 2.20. The number of nitrogens with one attached hydrogen (secondary N) is 3. The number of aromatic nitrogens is 1. The number of carbonyl (C=O) groups excluding carboxylic acids is 1. The van der Waals surface area contributed by atoms with Crippen molar-refractivity contribution >= 4 is 17.4 Å². The average molecular weight is 399 g/mol. The van der Waals surface area contributed by atoms with Gasteiger partial charge in [0.15, 0.2) is 0 Å². The highest BCUT2D eigenvalue weighted by Crippen LogP contribution is 2.15. The first-order valence-electron chi connectivity index (χ1n) is 9.63. The molecule has 7 nitrogen and oxygen atoms in total. The van der Waals surface area contributed by atoms with Gasteiger partial charge < -0.3 is 22.1 Å². The van der Waals surface area contributed by atoms with Crippen molar-refractivity contribution in [3.05, 3.63) is 72.7 Å². The van der Waals surface area contributed by atoms with E-state index in [-0.39, 0.29) is 24.3 Å². The Hall–Kier alpha value is -3.35. The number of nitrogen functional groups attached to an aromatic ring is 1. The van der Waals surface area contributed by atoms with Gasteiger partial charge in [0.2, 0.25) is 5.91 Å². The van der Waals surface area contributed by atoms with Gasteiger partial charge in [-0.3, -0.25) is 15.2 Å². The Labute approximate surface area is 174 Å². The molecule has 2 rings (SSSR count). The van der Waals surface area contributed by atoms with E-state index in [9.17, 15) is 4.79 Å². The first kappa shape index (κ1) is 25.7. The molecule has 1 aromatic carbocycles. The number of rotatable bonds is 7. The zero-order chi connectivity index (χ0) is 22.1. The third kappa shape index (κ3) is 11.2. The van der Waals surface area contributed by atoms with Gasteiger partial charge in [-0.1, -0.05) is 39.8 Å². The summed E-state index contributed by atoms with van der Waals surface area (Å²) in [4.78, 5) is 16.2. The fraction of sp³-hybridized carbons (Fsp3) is 0.318. The van der Waals surface area contributed by atoms with E-state index in [0.717, 1.165) is 17.7 Å². The predicted molar refractivity (Wildman–Crippen MR) is 122 cm³/mol. The monoisotopic (exact) mass is 398 g/mol. The molecule has 0 fully saturated rings. The molecule has 7 heteroatoms. The number of benzene rings is 1. The smallest absolute Gasteiger partial charge is 0.239 e. The number of nitrogens with zero attached hydrogens (tertiary/aromatic N) is 1. The second kappa shape index (κ2) is 15.7. The number of pyridine rings is 1. The lowest BCUT2D eigenvalue weighted by atomic mass is 10.1. The highest BCUT2D eigenvalue weighted by Gasteiger charge is 2.12. The molecule has 1 atom stereocenters. The van der Waals surface area contributed by atoms with Crippen molar-refractivity contribution in [2.45, 2.75) is 39.7 Å². The van der Waals surface area contributed by atoms with Gasteiger partial charge in [0, 0.05) is 23.6 Å². The van der Waals surface area contributed by atoms with Gasteiger partial charge in [-0.2, -0.15) is 0 Å². The van der Waals surface area contributed by atoms with Gasteiger partial charge in [-0.25, -0.2) is 0 Å². The summed E-state index contributed by atoms with van der Waals surface area (Å²) in [5.41, 5.74) is 12.5. The molecule has 0 aliphatic rings. The summed E-state index contributed by atoms with van der Waals surface area (Å²) in [5, 5.41) is 13.4. The fourth-order valence-corrected chi connectivity index (χ4v) is 2.20. The van der Waals surface area contributed by atoms with E-state index < -0.39 is 0 Å². The molecule has 1 unspecified atom stereocenters. The number of nitrogens with two attached hydrogens (primary N) is 2. The third-order valence-electron chi connectivity index (χ3n) is 3.48. The van der Waals surface area contributed by atoms with Crippen LogP contribution in [-0.2, 0) is 4.79 Å². The molecule has 0 bridgehead atoms. The quantitative estimate of drug-likeness (QED) is 0.360. The molecule has 1 aromatic heterocycles. The van der Waals surface area contributed by atoms with Crippen LogP contribution in [0.5, 0.6) is 0 Å². The topological polar surface area (TPSA) is 130 Å². The molecule has 2 aromatic rings. The molecule has 29 heavy (non-hydrogen) atoms. The van der Waals surface area contributed by atoms with Gasteiger partial charge in [0.05, 0.1) is 12.6 Å². The van der Waals surface area contributed by atoms with Crippen LogP contribution < -0.4 is 22.1 Å². The zero-order valence-electron chi connectivity index (χ0n) is 17.6. The van der Waals surface area contributed by atoms with Crippen molar-refractivity contribution in [1.82, 2.24) is 10.3 Å². The second-order valence-corrected chi connectivity index (χ2v) is 6.10. The maximum Gasteiger partial charge on any atom is 0.239 e. The molecule has 1 heterocycles. The molecule has 0 aliphatic heterocycles. The van der Waals surface area contributed by atoms with Crippen LogP contribution in [0, 0.1) is 5.41 Å². The molecule has 0 spiro atoms. The maximum atomic E-state index is 12.1.